The molecule has 17 N–H and O–H groups in total. The van der Waals surface area contributed by atoms with Gasteiger partial charge < -0.3 is 120 Å². The zero-order valence-corrected chi connectivity index (χ0v) is 36.1. The van der Waals surface area contributed by atoms with Gasteiger partial charge in [0, 0.05) is 12.3 Å². The summed E-state index contributed by atoms with van der Waals surface area (Å²) in [6.07, 6.45) is -35.0. The number of nitrogens with two attached hydrogens (primary N) is 1. The molecule has 4 fully saturated rings. The van der Waals surface area contributed by atoms with Crippen LogP contribution in [-0.4, -0.2) is 251 Å². The normalized spacial score (nSPS) is 42.5. The lowest BCUT2D eigenvalue weighted by Crippen LogP contribution is -2.69. The Labute approximate surface area is 369 Å². The van der Waals surface area contributed by atoms with Crippen LogP contribution in [0.15, 0.2) is 0 Å². The van der Waals surface area contributed by atoms with Crippen LogP contribution in [0.25, 0.3) is 0 Å². The van der Waals surface area contributed by atoms with Gasteiger partial charge in [-0.15, -0.1) is 0 Å². The van der Waals surface area contributed by atoms with E-state index in [2.05, 4.69) is 0 Å². The zero-order valence-electron chi connectivity index (χ0n) is 36.1. The maximum atomic E-state index is 12.8. The lowest BCUT2D eigenvalue weighted by atomic mass is 9.87. The number of aliphatic hydroxyl groups excluding tert-OH is 14. The third-order valence-electron chi connectivity index (χ3n) is 12.3. The zero-order chi connectivity index (χ0) is 47.8. The van der Waals surface area contributed by atoms with Gasteiger partial charge in [0.05, 0.1) is 45.2 Å². The summed E-state index contributed by atoms with van der Waals surface area (Å²) in [4.78, 5) is 12.8. The molecule has 4 rings (SSSR count). The summed E-state index contributed by atoms with van der Waals surface area (Å²) in [7, 11) is 0. The standard InChI is InChI=1S/C39H71NO24/c1-16-22(49)23(50)21(14-44)58-34(16)63-33-25(52)24(51)28(18(46)11-41)60-36(33)62-32-26(53)29(19(47)12-42)59-35(27(32)54)61-30-17(45)10-39(37(55)56,64-31(30)20(48)13-43)57-15-38(2,3)8-6-4-5-7-9-40/h16-36,41-54H,4-15,40H2,1-3H3,(H,55,56)/t16-,17-,18+,19+,20-,21?,22?,23-,24+,25?,26-,27?,28+,29?,30-,31?,32+,33?,34-,35-,36-,39-/m1/s1. The molecule has 4 aliphatic rings. The molecule has 0 spiro atoms. The first kappa shape index (κ1) is 55.1. The minimum absolute atomic E-state index is 0.190. The number of carbonyl (C=O) groups is 1. The third kappa shape index (κ3) is 12.8. The Hall–Kier alpha value is -1.45. The molecule has 4 saturated heterocycles. The molecule has 0 aromatic carbocycles. The molecule has 0 amide bonds. The summed E-state index contributed by atoms with van der Waals surface area (Å²) < 4.78 is 46.5. The maximum absolute atomic E-state index is 12.8. The highest BCUT2D eigenvalue weighted by Crippen LogP contribution is 2.40. The number of aliphatic carboxylic acids is 1. The van der Waals surface area contributed by atoms with Gasteiger partial charge in [-0.3, -0.25) is 0 Å². The van der Waals surface area contributed by atoms with Crippen LogP contribution in [0.5, 0.6) is 0 Å². The van der Waals surface area contributed by atoms with Gasteiger partial charge in [-0.2, -0.15) is 0 Å². The number of hydrogen-bond acceptors (Lipinski definition) is 24. The summed E-state index contributed by atoms with van der Waals surface area (Å²) in [5, 5.41) is 160. The second-order valence-corrected chi connectivity index (χ2v) is 17.8. The topological polar surface area (TPSA) is 420 Å². The summed E-state index contributed by atoms with van der Waals surface area (Å²) >= 11 is 0. The van der Waals surface area contributed by atoms with Gasteiger partial charge in [0.1, 0.15) is 91.6 Å². The third-order valence-corrected chi connectivity index (χ3v) is 12.3. The Bertz CT molecular complexity index is 1400. The van der Waals surface area contributed by atoms with Gasteiger partial charge in [-0.25, -0.2) is 4.79 Å². The van der Waals surface area contributed by atoms with E-state index in [1.807, 2.05) is 13.8 Å². The molecule has 0 aromatic heterocycles. The van der Waals surface area contributed by atoms with Gasteiger partial charge in [-0.05, 0) is 24.8 Å². The van der Waals surface area contributed by atoms with Crippen molar-refractivity contribution in [3.05, 3.63) is 0 Å². The molecular weight excluding hydrogens is 866 g/mol. The molecule has 0 saturated carbocycles. The summed E-state index contributed by atoms with van der Waals surface area (Å²) in [5.74, 6) is -5.38. The van der Waals surface area contributed by atoms with Gasteiger partial charge in [0.25, 0.3) is 5.79 Å². The first-order chi connectivity index (χ1) is 30.1. The highest BCUT2D eigenvalue weighted by molar-refractivity contribution is 5.76. The van der Waals surface area contributed by atoms with Crippen LogP contribution < -0.4 is 5.73 Å². The number of carboxylic acid groups (broad SMARTS) is 1. The van der Waals surface area contributed by atoms with E-state index in [0.717, 1.165) is 25.7 Å². The Morgan fingerprint density at radius 2 is 1.22 bits per heavy atom. The lowest BCUT2D eigenvalue weighted by molar-refractivity contribution is -0.400. The molecule has 0 aliphatic carbocycles. The Kier molecular flexibility index (Phi) is 20.9. The average molecular weight is 938 g/mol. The summed E-state index contributed by atoms with van der Waals surface area (Å²) in [6.45, 7) is 1.44. The van der Waals surface area contributed by atoms with Gasteiger partial charge in [0.15, 0.2) is 18.9 Å². The molecule has 0 aromatic rings. The lowest BCUT2D eigenvalue weighted by Gasteiger charge is -2.51. The fourth-order valence-corrected chi connectivity index (χ4v) is 8.23. The monoisotopic (exact) mass is 937 g/mol. The number of rotatable bonds is 23. The molecule has 0 radical (unpaired) electrons. The minimum Gasteiger partial charge on any atom is -0.477 e. The molecule has 25 heteroatoms. The second-order valence-electron chi connectivity index (χ2n) is 17.8. The van der Waals surface area contributed by atoms with E-state index in [9.17, 15) is 81.4 Å². The van der Waals surface area contributed by atoms with Crippen LogP contribution in [-0.2, 0) is 42.7 Å². The number of ether oxygens (including phenoxy) is 8. The van der Waals surface area contributed by atoms with Crippen LogP contribution >= 0.6 is 0 Å². The van der Waals surface area contributed by atoms with Gasteiger partial charge in [0.2, 0.25) is 0 Å². The van der Waals surface area contributed by atoms with Crippen molar-refractivity contribution in [2.75, 3.05) is 39.6 Å². The van der Waals surface area contributed by atoms with Crippen molar-refractivity contribution in [2.45, 2.75) is 188 Å². The summed E-state index contributed by atoms with van der Waals surface area (Å²) in [5.41, 5.74) is 4.97. The largest absolute Gasteiger partial charge is 0.477 e. The minimum atomic E-state index is -2.60. The van der Waals surface area contributed by atoms with Crippen LogP contribution in [0.2, 0.25) is 0 Å². The molecule has 22 atom stereocenters. The first-order valence-corrected chi connectivity index (χ1v) is 21.5. The van der Waals surface area contributed by atoms with Crippen LogP contribution in [0.1, 0.15) is 59.3 Å². The molecular formula is C39H71NO24. The van der Waals surface area contributed by atoms with E-state index in [4.69, 9.17) is 43.6 Å². The maximum Gasteiger partial charge on any atom is 0.364 e. The van der Waals surface area contributed by atoms with Crippen molar-refractivity contribution in [3.63, 3.8) is 0 Å². The highest BCUT2D eigenvalue weighted by atomic mass is 16.8. The van der Waals surface area contributed by atoms with Crippen molar-refractivity contribution in [1.82, 2.24) is 0 Å². The first-order valence-electron chi connectivity index (χ1n) is 21.5. The van der Waals surface area contributed by atoms with Crippen LogP contribution in [0.3, 0.4) is 0 Å². The molecule has 64 heavy (non-hydrogen) atoms. The molecule has 376 valence electrons. The van der Waals surface area contributed by atoms with Gasteiger partial charge >= 0.3 is 5.97 Å². The quantitative estimate of drug-likeness (QED) is 0.0423. The molecule has 7 unspecified atom stereocenters. The number of hydrogen-bond donors (Lipinski definition) is 16. The number of unbranched alkanes of at least 4 members (excludes halogenated alkanes) is 3. The van der Waals surface area contributed by atoms with E-state index in [-0.39, 0.29) is 6.61 Å². The predicted octanol–water partition coefficient (Wildman–Crippen LogP) is -6.95. The predicted molar refractivity (Wildman–Crippen MR) is 210 cm³/mol. The Morgan fingerprint density at radius 1 is 0.672 bits per heavy atom. The Morgan fingerprint density at radius 3 is 1.80 bits per heavy atom. The van der Waals surface area contributed by atoms with Crippen LogP contribution in [0, 0.1) is 11.3 Å². The molecule has 0 bridgehead atoms. The fraction of sp³-hybridized carbons (Fsp3) is 0.974. The SMILES string of the molecule is C[C@@H]1C(O)[C@H](O)C(CO)O[C@@H]1OC1C(O)[C@H](O)[C@H]([C@@H](O)CO)O[C@@H]1O[C@@H]1C(O)[C@@H](O[C@H]2C([C@H](O)CO)O[C@@](OCC(C)(C)CCCCCCN)(C(=O)O)C[C@H]2O)OC([C@@H](O)CO)[C@H]1O. The van der Waals surface area contributed by atoms with Crippen molar-refractivity contribution in [2.24, 2.45) is 17.1 Å². The Balaban J connectivity index is 1.64. The molecule has 4 aliphatic heterocycles. The van der Waals surface area contributed by atoms with Crippen molar-refractivity contribution >= 4 is 5.97 Å². The molecule has 4 heterocycles. The fourth-order valence-electron chi connectivity index (χ4n) is 8.23. The highest BCUT2D eigenvalue weighted by Gasteiger charge is 2.59. The van der Waals surface area contributed by atoms with E-state index in [0.29, 0.717) is 13.0 Å². The smallest absolute Gasteiger partial charge is 0.364 e. The average Bonchev–Trinajstić information content (AvgIpc) is 3.26. The second kappa shape index (κ2) is 24.2. The van der Waals surface area contributed by atoms with Gasteiger partial charge in [-0.1, -0.05) is 40.0 Å². The number of aliphatic hydroxyl groups is 14. The van der Waals surface area contributed by atoms with Crippen molar-refractivity contribution in [1.29, 1.82) is 0 Å². The van der Waals surface area contributed by atoms with Crippen molar-refractivity contribution < 1.29 is 119 Å². The van der Waals surface area contributed by atoms with Crippen molar-refractivity contribution in [3.8, 4) is 0 Å². The summed E-state index contributed by atoms with van der Waals surface area (Å²) in [6, 6.07) is 0. The van der Waals surface area contributed by atoms with Crippen LogP contribution in [0.4, 0.5) is 0 Å². The number of carboxylic acids is 1. The molecule has 25 nitrogen and oxygen atoms in total. The van der Waals surface area contributed by atoms with E-state index in [1.165, 1.54) is 6.92 Å². The van der Waals surface area contributed by atoms with E-state index < -0.39 is 179 Å². The van der Waals surface area contributed by atoms with E-state index >= 15 is 0 Å². The van der Waals surface area contributed by atoms with E-state index in [1.54, 1.807) is 0 Å².